The standard InChI is InChI=1S/C21H20F6N4O3/c1-11-13(4-5-15-17(11)18(31-30-15)29-7-2-8-33-19(28)32)14-9-12(22)3-6-16(14)34-10-20(23,24)21(25,26)27/h3-4,6,9H,2,5,7-8,10H2,1H3,(H2,28,32)(H,29,31). The van der Waals surface area contributed by atoms with Crippen LogP contribution in [0.25, 0.3) is 5.57 Å². The van der Waals surface area contributed by atoms with Gasteiger partial charge in [-0.15, -0.1) is 0 Å². The quantitative estimate of drug-likeness (QED) is 0.418. The second-order valence-corrected chi connectivity index (χ2v) is 7.37. The summed E-state index contributed by atoms with van der Waals surface area (Å²) in [6, 6.07) is 2.90. The van der Waals surface area contributed by atoms with E-state index < -0.39 is 30.6 Å². The number of ether oxygens (including phenoxy) is 2. The number of halogens is 6. The van der Waals surface area contributed by atoms with Crippen LogP contribution in [-0.2, 0) is 4.74 Å². The Bertz CT molecular complexity index is 1090. The van der Waals surface area contributed by atoms with Crippen LogP contribution in [0.1, 0.15) is 25.3 Å². The van der Waals surface area contributed by atoms with Gasteiger partial charge in [0.05, 0.1) is 12.3 Å². The fourth-order valence-electron chi connectivity index (χ4n) is 3.34. The fraction of sp³-hybridized carbons (Fsp3) is 0.381. The summed E-state index contributed by atoms with van der Waals surface area (Å²) in [6.07, 6.45) is -4.39. The maximum atomic E-state index is 14.0. The van der Waals surface area contributed by atoms with Crippen molar-refractivity contribution in [3.05, 3.63) is 46.8 Å². The molecule has 3 rings (SSSR count). The number of alkyl halides is 5. The highest BCUT2D eigenvalue weighted by Crippen LogP contribution is 2.40. The van der Waals surface area contributed by atoms with E-state index in [-0.39, 0.29) is 30.9 Å². The summed E-state index contributed by atoms with van der Waals surface area (Å²) >= 11 is 0. The number of aliphatic imine (C=N–C) groups is 1. The van der Waals surface area contributed by atoms with Crippen LogP contribution in [0.3, 0.4) is 0 Å². The van der Waals surface area contributed by atoms with Crippen molar-refractivity contribution in [1.82, 2.24) is 5.43 Å². The summed E-state index contributed by atoms with van der Waals surface area (Å²) in [5.41, 5.74) is 9.81. The molecule has 1 aliphatic carbocycles. The molecule has 184 valence electrons. The molecule has 0 saturated heterocycles. The lowest BCUT2D eigenvalue weighted by Gasteiger charge is -2.23. The van der Waals surface area contributed by atoms with Crippen molar-refractivity contribution < 1.29 is 40.6 Å². The Balaban J connectivity index is 1.86. The highest BCUT2D eigenvalue weighted by atomic mass is 19.4. The summed E-state index contributed by atoms with van der Waals surface area (Å²) in [5.74, 6) is -5.75. The Morgan fingerprint density at radius 1 is 1.26 bits per heavy atom. The number of carbonyl (C=O) groups is 1. The van der Waals surface area contributed by atoms with Crippen LogP contribution >= 0.6 is 0 Å². The first kappa shape index (κ1) is 25.1. The summed E-state index contributed by atoms with van der Waals surface area (Å²) in [6.45, 7) is 0.0323. The predicted molar refractivity (Wildman–Crippen MR) is 111 cm³/mol. The van der Waals surface area contributed by atoms with Gasteiger partial charge in [-0.2, -0.15) is 27.1 Å². The molecule has 13 heteroatoms. The molecule has 0 fully saturated rings. The average Bonchev–Trinajstić information content (AvgIpc) is 3.16. The monoisotopic (exact) mass is 490 g/mol. The van der Waals surface area contributed by atoms with E-state index in [1.807, 2.05) is 0 Å². The van der Waals surface area contributed by atoms with E-state index in [9.17, 15) is 31.1 Å². The zero-order chi connectivity index (χ0) is 25.1. The molecule has 0 aromatic heterocycles. The zero-order valence-electron chi connectivity index (χ0n) is 17.8. The Morgan fingerprint density at radius 2 is 2.00 bits per heavy atom. The second-order valence-electron chi connectivity index (χ2n) is 7.37. The Kier molecular flexibility index (Phi) is 7.22. The van der Waals surface area contributed by atoms with Gasteiger partial charge in [0.15, 0.2) is 12.4 Å². The number of nitrogens with zero attached hydrogens (tertiary/aromatic N) is 2. The van der Waals surface area contributed by atoms with E-state index in [2.05, 4.69) is 20.3 Å². The second kappa shape index (κ2) is 9.77. The van der Waals surface area contributed by atoms with Crippen LogP contribution in [0, 0.1) is 5.82 Å². The maximum Gasteiger partial charge on any atom is 0.456 e. The van der Waals surface area contributed by atoms with Crippen molar-refractivity contribution in [3.63, 3.8) is 0 Å². The number of hydrogen-bond donors (Lipinski definition) is 2. The smallest absolute Gasteiger partial charge is 0.456 e. The van der Waals surface area contributed by atoms with Crippen molar-refractivity contribution in [2.24, 2.45) is 15.8 Å². The minimum Gasteiger partial charge on any atom is -0.486 e. The number of fused-ring (bicyclic) bond motifs is 1. The van der Waals surface area contributed by atoms with Crippen LogP contribution in [0.2, 0.25) is 0 Å². The predicted octanol–water partition coefficient (Wildman–Crippen LogP) is 4.35. The summed E-state index contributed by atoms with van der Waals surface area (Å²) < 4.78 is 87.7. The Morgan fingerprint density at radius 3 is 2.68 bits per heavy atom. The molecule has 0 unspecified atom stereocenters. The number of amidine groups is 1. The molecule has 1 aromatic rings. The largest absolute Gasteiger partial charge is 0.486 e. The van der Waals surface area contributed by atoms with Gasteiger partial charge in [0.2, 0.25) is 0 Å². The van der Waals surface area contributed by atoms with Crippen molar-refractivity contribution in [3.8, 4) is 5.75 Å². The molecule has 1 aliphatic heterocycles. The van der Waals surface area contributed by atoms with Crippen molar-refractivity contribution in [2.45, 2.75) is 31.9 Å². The van der Waals surface area contributed by atoms with Gasteiger partial charge in [-0.25, -0.2) is 9.18 Å². The third-order valence-corrected chi connectivity index (χ3v) is 4.97. The normalized spacial score (nSPS) is 17.2. The number of rotatable bonds is 8. The summed E-state index contributed by atoms with van der Waals surface area (Å²) in [5, 5.41) is 4.18. The van der Waals surface area contributed by atoms with Crippen LogP contribution in [0.4, 0.5) is 31.1 Å². The molecule has 0 bridgehead atoms. The SMILES string of the molecule is CC1=C2C(=NNC2=NCCCOC(N)=O)CC=C1c1cc(F)ccc1OCC(F)(F)C(F)(F)F. The molecule has 1 amide bonds. The maximum absolute atomic E-state index is 14.0. The number of nitrogens with two attached hydrogens (primary N) is 1. The van der Waals surface area contributed by atoms with Crippen LogP contribution in [0.5, 0.6) is 5.75 Å². The van der Waals surface area contributed by atoms with Gasteiger partial charge in [0.1, 0.15) is 11.6 Å². The highest BCUT2D eigenvalue weighted by molar-refractivity contribution is 6.30. The van der Waals surface area contributed by atoms with E-state index in [4.69, 9.17) is 10.5 Å². The molecule has 2 aliphatic rings. The number of benzene rings is 1. The molecule has 7 nitrogen and oxygen atoms in total. The third kappa shape index (κ3) is 5.51. The van der Waals surface area contributed by atoms with E-state index >= 15 is 0 Å². The van der Waals surface area contributed by atoms with Gasteiger partial charge in [-0.05, 0) is 36.3 Å². The Hall–Kier alpha value is -3.51. The van der Waals surface area contributed by atoms with Gasteiger partial charge in [-0.1, -0.05) is 6.08 Å². The molecule has 3 N–H and O–H groups in total. The van der Waals surface area contributed by atoms with Gasteiger partial charge < -0.3 is 15.2 Å². The first-order valence-electron chi connectivity index (χ1n) is 9.99. The molecule has 0 radical (unpaired) electrons. The lowest BCUT2D eigenvalue weighted by Crippen LogP contribution is -2.41. The lowest BCUT2D eigenvalue weighted by atomic mass is 9.86. The van der Waals surface area contributed by atoms with Gasteiger partial charge in [0.25, 0.3) is 0 Å². The molecule has 0 saturated carbocycles. The number of amides is 1. The van der Waals surface area contributed by atoms with E-state index in [1.165, 1.54) is 0 Å². The lowest BCUT2D eigenvalue weighted by molar-refractivity contribution is -0.290. The highest BCUT2D eigenvalue weighted by Gasteiger charge is 2.58. The summed E-state index contributed by atoms with van der Waals surface area (Å²) in [4.78, 5) is 15.0. The van der Waals surface area contributed by atoms with Crippen LogP contribution in [0.15, 0.2) is 45.5 Å². The molecule has 1 heterocycles. The topological polar surface area (TPSA) is 98.3 Å². The van der Waals surface area contributed by atoms with Crippen molar-refractivity contribution in [1.29, 1.82) is 0 Å². The number of hydrogen-bond acceptors (Lipinski definition) is 5. The summed E-state index contributed by atoms with van der Waals surface area (Å²) in [7, 11) is 0. The average molecular weight is 490 g/mol. The van der Waals surface area contributed by atoms with Crippen molar-refractivity contribution in [2.75, 3.05) is 19.8 Å². The number of hydrazone groups is 1. The zero-order valence-corrected chi connectivity index (χ0v) is 17.8. The van der Waals surface area contributed by atoms with E-state index in [1.54, 1.807) is 13.0 Å². The fourth-order valence-corrected chi connectivity index (χ4v) is 3.34. The number of allylic oxidation sites excluding steroid dienone is 3. The molecule has 0 atom stereocenters. The molecule has 1 aromatic carbocycles. The molecule has 34 heavy (non-hydrogen) atoms. The Labute approximate surface area is 190 Å². The van der Waals surface area contributed by atoms with Gasteiger partial charge >= 0.3 is 18.2 Å². The third-order valence-electron chi connectivity index (χ3n) is 4.97. The number of primary amides is 1. The molecular formula is C21H20F6N4O3. The van der Waals surface area contributed by atoms with Gasteiger partial charge in [0, 0.05) is 30.5 Å². The van der Waals surface area contributed by atoms with Gasteiger partial charge in [-0.3, -0.25) is 10.4 Å². The first-order valence-corrected chi connectivity index (χ1v) is 9.99. The minimum absolute atomic E-state index is 0.0168. The van der Waals surface area contributed by atoms with Crippen LogP contribution in [-0.4, -0.2) is 49.5 Å². The van der Waals surface area contributed by atoms with E-state index in [0.29, 0.717) is 34.7 Å². The number of nitrogens with one attached hydrogen (secondary N) is 1. The van der Waals surface area contributed by atoms with Crippen LogP contribution < -0.4 is 15.9 Å². The molecule has 0 spiro atoms. The number of carbonyl (C=O) groups excluding carboxylic acids is 1. The molecular weight excluding hydrogens is 470 g/mol. The van der Waals surface area contributed by atoms with E-state index in [0.717, 1.165) is 18.2 Å². The minimum atomic E-state index is -5.79. The first-order chi connectivity index (χ1) is 15.9. The van der Waals surface area contributed by atoms with Crippen molar-refractivity contribution >= 4 is 23.2 Å².